The van der Waals surface area contributed by atoms with E-state index in [1.807, 2.05) is 0 Å². The van der Waals surface area contributed by atoms with E-state index in [2.05, 4.69) is 10.2 Å². The van der Waals surface area contributed by atoms with Gasteiger partial charge in [-0.15, -0.1) is 0 Å². The maximum atomic E-state index is 11.1. The number of carbonyl (C=O) groups is 1. The normalized spacial score (nSPS) is 30.3. The zero-order valence-corrected chi connectivity index (χ0v) is 7.83. The molecule has 2 saturated heterocycles. The number of nitrogens with zero attached hydrogens (tertiary/aromatic N) is 1. The number of hydrogen-bond donors (Lipinski definition) is 2. The fourth-order valence-corrected chi connectivity index (χ4v) is 2.18. The highest BCUT2D eigenvalue weighted by Gasteiger charge is 2.31. The summed E-state index contributed by atoms with van der Waals surface area (Å²) in [6.45, 7) is 4.29. The van der Waals surface area contributed by atoms with Crippen LogP contribution >= 0.6 is 0 Å². The molecule has 0 aromatic carbocycles. The second kappa shape index (κ2) is 3.64. The third kappa shape index (κ3) is 1.84. The molecule has 0 saturated carbocycles. The molecule has 2 aliphatic heterocycles. The van der Waals surface area contributed by atoms with Crippen LogP contribution in [0.2, 0.25) is 0 Å². The fraction of sp³-hybridized carbons (Fsp3) is 0.889. The first-order valence-corrected chi connectivity index (χ1v) is 5.01. The molecule has 0 spiro atoms. The van der Waals surface area contributed by atoms with E-state index in [-0.39, 0.29) is 11.9 Å². The van der Waals surface area contributed by atoms with Gasteiger partial charge in [0.25, 0.3) is 0 Å². The number of hydrogen-bond acceptors (Lipinski definition) is 3. The highest BCUT2D eigenvalue weighted by atomic mass is 16.1. The smallest absolute Gasteiger partial charge is 0.234 e. The molecule has 3 N–H and O–H groups in total. The lowest BCUT2D eigenvalue weighted by molar-refractivity contribution is -0.122. The Balaban J connectivity index is 1.85. The largest absolute Gasteiger partial charge is 0.368 e. The molecule has 1 atom stereocenters. The van der Waals surface area contributed by atoms with Gasteiger partial charge in [0.2, 0.25) is 5.91 Å². The summed E-state index contributed by atoms with van der Waals surface area (Å²) in [7, 11) is 0. The van der Waals surface area contributed by atoms with E-state index in [1.165, 1.54) is 0 Å². The Morgan fingerprint density at radius 2 is 2.31 bits per heavy atom. The van der Waals surface area contributed by atoms with E-state index in [4.69, 9.17) is 5.73 Å². The maximum Gasteiger partial charge on any atom is 0.234 e. The Labute approximate surface area is 78.5 Å². The average Bonchev–Trinajstić information content (AvgIpc) is 2.44. The molecule has 2 aliphatic rings. The van der Waals surface area contributed by atoms with E-state index in [0.29, 0.717) is 0 Å². The topological polar surface area (TPSA) is 58.4 Å². The molecule has 0 aliphatic carbocycles. The molecule has 0 aromatic rings. The first kappa shape index (κ1) is 8.97. The molecule has 0 bridgehead atoms. The van der Waals surface area contributed by atoms with Crippen LogP contribution < -0.4 is 11.1 Å². The van der Waals surface area contributed by atoms with Crippen LogP contribution in [0.1, 0.15) is 12.8 Å². The van der Waals surface area contributed by atoms with E-state index in [0.717, 1.165) is 44.9 Å². The first-order chi connectivity index (χ1) is 6.27. The Kier molecular flexibility index (Phi) is 2.51. The highest BCUT2D eigenvalue weighted by Crippen LogP contribution is 2.19. The average molecular weight is 183 g/mol. The Hall–Kier alpha value is -0.610. The van der Waals surface area contributed by atoms with Gasteiger partial charge in [0, 0.05) is 19.6 Å². The number of likely N-dealkylation sites (tertiary alicyclic amines) is 1. The molecule has 2 fully saturated rings. The van der Waals surface area contributed by atoms with Crippen LogP contribution in [0.15, 0.2) is 0 Å². The number of amides is 1. The summed E-state index contributed by atoms with van der Waals surface area (Å²) in [4.78, 5) is 13.3. The van der Waals surface area contributed by atoms with Gasteiger partial charge in [0.15, 0.2) is 0 Å². The van der Waals surface area contributed by atoms with Gasteiger partial charge in [-0.25, -0.2) is 0 Å². The number of nitrogens with one attached hydrogen (secondary N) is 1. The molecule has 4 heteroatoms. The quantitative estimate of drug-likeness (QED) is 0.599. The Bertz CT molecular complexity index is 203. The van der Waals surface area contributed by atoms with Gasteiger partial charge in [-0.3, -0.25) is 9.69 Å². The van der Waals surface area contributed by atoms with Gasteiger partial charge in [-0.2, -0.15) is 0 Å². The van der Waals surface area contributed by atoms with Crippen molar-refractivity contribution in [1.82, 2.24) is 10.2 Å². The molecular weight excluding hydrogens is 166 g/mol. The van der Waals surface area contributed by atoms with Gasteiger partial charge in [0.1, 0.15) is 0 Å². The van der Waals surface area contributed by atoms with Gasteiger partial charge in [-0.1, -0.05) is 0 Å². The van der Waals surface area contributed by atoms with Crippen molar-refractivity contribution in [2.24, 2.45) is 11.7 Å². The SMILES string of the molecule is NC(=O)C1CCCN1CC1CNC1. The number of rotatable bonds is 3. The predicted molar refractivity (Wildman–Crippen MR) is 50.1 cm³/mol. The van der Waals surface area contributed by atoms with Crippen LogP contribution in [0.25, 0.3) is 0 Å². The van der Waals surface area contributed by atoms with Crippen molar-refractivity contribution in [1.29, 1.82) is 0 Å². The predicted octanol–water partition coefficient (Wildman–Crippen LogP) is -0.844. The van der Waals surface area contributed by atoms with Gasteiger partial charge >= 0.3 is 0 Å². The zero-order chi connectivity index (χ0) is 9.26. The van der Waals surface area contributed by atoms with Crippen molar-refractivity contribution >= 4 is 5.91 Å². The lowest BCUT2D eigenvalue weighted by Crippen LogP contribution is -2.51. The van der Waals surface area contributed by atoms with Crippen LogP contribution in [0.3, 0.4) is 0 Å². The van der Waals surface area contributed by atoms with Crippen LogP contribution in [-0.4, -0.2) is 43.0 Å². The van der Waals surface area contributed by atoms with E-state index in [9.17, 15) is 4.79 Å². The van der Waals surface area contributed by atoms with Gasteiger partial charge in [0.05, 0.1) is 6.04 Å². The van der Waals surface area contributed by atoms with Crippen LogP contribution in [-0.2, 0) is 4.79 Å². The third-order valence-corrected chi connectivity index (χ3v) is 3.05. The molecule has 0 radical (unpaired) electrons. The number of nitrogens with two attached hydrogens (primary N) is 1. The van der Waals surface area contributed by atoms with Crippen molar-refractivity contribution in [3.8, 4) is 0 Å². The minimum absolute atomic E-state index is 0.0144. The van der Waals surface area contributed by atoms with Crippen LogP contribution in [0.5, 0.6) is 0 Å². The fourth-order valence-electron chi connectivity index (χ4n) is 2.18. The first-order valence-electron chi connectivity index (χ1n) is 5.01. The number of primary amides is 1. The van der Waals surface area contributed by atoms with E-state index >= 15 is 0 Å². The van der Waals surface area contributed by atoms with E-state index < -0.39 is 0 Å². The van der Waals surface area contributed by atoms with E-state index in [1.54, 1.807) is 0 Å². The minimum atomic E-state index is -0.148. The number of carbonyl (C=O) groups excluding carboxylic acids is 1. The van der Waals surface area contributed by atoms with Crippen LogP contribution in [0.4, 0.5) is 0 Å². The molecule has 2 rings (SSSR count). The van der Waals surface area contributed by atoms with Gasteiger partial charge in [-0.05, 0) is 25.3 Å². The Morgan fingerprint density at radius 1 is 1.54 bits per heavy atom. The van der Waals surface area contributed by atoms with Crippen molar-refractivity contribution < 1.29 is 4.79 Å². The summed E-state index contributed by atoms with van der Waals surface area (Å²) in [5.74, 6) is 0.588. The maximum absolute atomic E-state index is 11.1. The monoisotopic (exact) mass is 183 g/mol. The second-order valence-corrected chi connectivity index (χ2v) is 4.08. The Morgan fingerprint density at radius 3 is 2.85 bits per heavy atom. The van der Waals surface area contributed by atoms with Crippen molar-refractivity contribution in [2.75, 3.05) is 26.2 Å². The molecule has 2 heterocycles. The molecule has 0 aromatic heterocycles. The molecule has 13 heavy (non-hydrogen) atoms. The lowest BCUT2D eigenvalue weighted by Gasteiger charge is -2.33. The highest BCUT2D eigenvalue weighted by molar-refractivity contribution is 5.80. The molecule has 1 unspecified atom stereocenters. The zero-order valence-electron chi connectivity index (χ0n) is 7.83. The summed E-state index contributed by atoms with van der Waals surface area (Å²) in [5.41, 5.74) is 5.33. The minimum Gasteiger partial charge on any atom is -0.368 e. The van der Waals surface area contributed by atoms with Gasteiger partial charge < -0.3 is 11.1 Å². The summed E-state index contributed by atoms with van der Waals surface area (Å²) in [6, 6.07) is 0.0144. The summed E-state index contributed by atoms with van der Waals surface area (Å²) in [5, 5.41) is 3.24. The lowest BCUT2D eigenvalue weighted by atomic mass is 10.0. The summed E-state index contributed by atoms with van der Waals surface area (Å²) in [6.07, 6.45) is 2.07. The molecule has 4 nitrogen and oxygen atoms in total. The summed E-state index contributed by atoms with van der Waals surface area (Å²) >= 11 is 0. The summed E-state index contributed by atoms with van der Waals surface area (Å²) < 4.78 is 0. The molecular formula is C9H17N3O. The third-order valence-electron chi connectivity index (χ3n) is 3.05. The molecule has 74 valence electrons. The van der Waals surface area contributed by atoms with Crippen molar-refractivity contribution in [2.45, 2.75) is 18.9 Å². The van der Waals surface area contributed by atoms with Crippen molar-refractivity contribution in [3.05, 3.63) is 0 Å². The van der Waals surface area contributed by atoms with Crippen LogP contribution in [0, 0.1) is 5.92 Å². The second-order valence-electron chi connectivity index (χ2n) is 4.08. The van der Waals surface area contributed by atoms with Crippen molar-refractivity contribution in [3.63, 3.8) is 0 Å². The standard InChI is InChI=1S/C9H17N3O/c10-9(13)8-2-1-3-12(8)6-7-4-11-5-7/h7-8,11H,1-6H2,(H2,10,13). The molecule has 1 amide bonds.